The number of nitrogens with zero attached hydrogens (tertiary/aromatic N) is 3. The van der Waals surface area contributed by atoms with Crippen LogP contribution < -0.4 is 20.1 Å². The monoisotopic (exact) mass is 385 g/mol. The zero-order chi connectivity index (χ0) is 19.8. The molecule has 3 rings (SSSR count). The van der Waals surface area contributed by atoms with Crippen molar-refractivity contribution in [3.05, 3.63) is 36.2 Å². The average molecular weight is 385 g/mol. The summed E-state index contributed by atoms with van der Waals surface area (Å²) in [6.45, 7) is 4.09. The Balaban J connectivity index is 1.58. The Labute approximate surface area is 165 Å². The predicted molar refractivity (Wildman–Crippen MR) is 107 cm³/mol. The zero-order valence-corrected chi connectivity index (χ0v) is 16.4. The van der Waals surface area contributed by atoms with E-state index in [0.29, 0.717) is 29.6 Å². The number of amides is 1. The molecular weight excluding hydrogens is 358 g/mol. The van der Waals surface area contributed by atoms with Crippen molar-refractivity contribution in [2.75, 3.05) is 45.7 Å². The molecular formula is C20H27N5O3. The highest BCUT2D eigenvalue weighted by atomic mass is 16.5. The molecule has 0 aliphatic carbocycles. The Morgan fingerprint density at radius 1 is 1.18 bits per heavy atom. The molecule has 2 N–H and O–H groups in total. The molecule has 0 spiro atoms. The highest BCUT2D eigenvalue weighted by molar-refractivity contribution is 5.93. The smallest absolute Gasteiger partial charge is 0.254 e. The van der Waals surface area contributed by atoms with Crippen molar-refractivity contribution in [2.45, 2.75) is 19.3 Å². The van der Waals surface area contributed by atoms with Gasteiger partial charge < -0.3 is 25.0 Å². The van der Waals surface area contributed by atoms with Crippen LogP contribution in [0.2, 0.25) is 0 Å². The van der Waals surface area contributed by atoms with Gasteiger partial charge in [0.2, 0.25) is 5.95 Å². The van der Waals surface area contributed by atoms with E-state index in [2.05, 4.69) is 25.5 Å². The number of aromatic nitrogens is 2. The molecule has 1 aliphatic heterocycles. The molecule has 0 radical (unpaired) electrons. The van der Waals surface area contributed by atoms with E-state index in [1.54, 1.807) is 14.2 Å². The molecule has 0 unspecified atom stereocenters. The molecule has 0 bridgehead atoms. The van der Waals surface area contributed by atoms with Crippen LogP contribution in [0.1, 0.15) is 29.6 Å². The number of anilines is 2. The molecule has 0 saturated carbocycles. The van der Waals surface area contributed by atoms with E-state index in [-0.39, 0.29) is 5.91 Å². The van der Waals surface area contributed by atoms with E-state index in [1.165, 1.54) is 38.3 Å². The first kappa shape index (κ1) is 19.9. The Bertz CT molecular complexity index is 776. The number of likely N-dealkylation sites (tertiary alicyclic amines) is 1. The SMILES string of the molecule is CNC(=O)c1cnc(Nc2ccc(OC)c(OCCCN3CCCC3)c2)nc1. The number of benzene rings is 1. The third-order valence-corrected chi connectivity index (χ3v) is 4.64. The summed E-state index contributed by atoms with van der Waals surface area (Å²) in [5, 5.41) is 5.66. The number of hydrogen-bond donors (Lipinski definition) is 2. The standard InChI is InChI=1S/C20H27N5O3/c1-21-19(26)15-13-22-20(23-14-15)24-16-6-7-17(27-2)18(12-16)28-11-5-10-25-8-3-4-9-25/h6-7,12-14H,3-5,8-11H2,1-2H3,(H,21,26)(H,22,23,24). The first-order chi connectivity index (χ1) is 13.7. The molecule has 2 heterocycles. The van der Waals surface area contributed by atoms with Gasteiger partial charge in [0, 0.05) is 37.7 Å². The van der Waals surface area contributed by atoms with Crippen molar-refractivity contribution in [3.8, 4) is 11.5 Å². The lowest BCUT2D eigenvalue weighted by atomic mass is 10.2. The second-order valence-corrected chi connectivity index (χ2v) is 6.62. The minimum atomic E-state index is -0.222. The van der Waals surface area contributed by atoms with Gasteiger partial charge in [-0.15, -0.1) is 0 Å². The lowest BCUT2D eigenvalue weighted by molar-refractivity contribution is 0.0962. The molecule has 1 fully saturated rings. The summed E-state index contributed by atoms with van der Waals surface area (Å²) < 4.78 is 11.3. The molecule has 8 nitrogen and oxygen atoms in total. The number of carbonyl (C=O) groups is 1. The van der Waals surface area contributed by atoms with E-state index < -0.39 is 0 Å². The van der Waals surface area contributed by atoms with Gasteiger partial charge >= 0.3 is 0 Å². The van der Waals surface area contributed by atoms with Crippen molar-refractivity contribution >= 4 is 17.5 Å². The minimum Gasteiger partial charge on any atom is -0.493 e. The van der Waals surface area contributed by atoms with E-state index >= 15 is 0 Å². The number of carbonyl (C=O) groups excluding carboxylic acids is 1. The first-order valence-electron chi connectivity index (χ1n) is 9.54. The number of nitrogens with one attached hydrogen (secondary N) is 2. The fourth-order valence-corrected chi connectivity index (χ4v) is 3.13. The third kappa shape index (κ3) is 5.32. The third-order valence-electron chi connectivity index (χ3n) is 4.64. The minimum absolute atomic E-state index is 0.222. The van der Waals surface area contributed by atoms with E-state index in [0.717, 1.165) is 18.7 Å². The van der Waals surface area contributed by atoms with Gasteiger partial charge in [-0.1, -0.05) is 0 Å². The van der Waals surface area contributed by atoms with Crippen molar-refractivity contribution in [3.63, 3.8) is 0 Å². The maximum absolute atomic E-state index is 11.6. The van der Waals surface area contributed by atoms with Gasteiger partial charge in [0.25, 0.3) is 5.91 Å². The molecule has 8 heteroatoms. The summed E-state index contributed by atoms with van der Waals surface area (Å²) in [6.07, 6.45) is 6.54. The van der Waals surface area contributed by atoms with E-state index in [1.807, 2.05) is 18.2 Å². The predicted octanol–water partition coefficient (Wildman–Crippen LogP) is 2.45. The van der Waals surface area contributed by atoms with Gasteiger partial charge in [0.15, 0.2) is 11.5 Å². The summed E-state index contributed by atoms with van der Waals surface area (Å²) in [5.74, 6) is 1.54. The van der Waals surface area contributed by atoms with E-state index in [4.69, 9.17) is 9.47 Å². The van der Waals surface area contributed by atoms with Crippen LogP contribution in [0.3, 0.4) is 0 Å². The highest BCUT2D eigenvalue weighted by Crippen LogP contribution is 2.31. The van der Waals surface area contributed by atoms with Gasteiger partial charge in [0.05, 0.1) is 19.3 Å². The first-order valence-corrected chi connectivity index (χ1v) is 9.54. The molecule has 1 amide bonds. The summed E-state index contributed by atoms with van der Waals surface area (Å²) in [5.41, 5.74) is 1.19. The Morgan fingerprint density at radius 3 is 2.61 bits per heavy atom. The van der Waals surface area contributed by atoms with Crippen LogP contribution in [-0.4, -0.2) is 61.2 Å². The fourth-order valence-electron chi connectivity index (χ4n) is 3.13. The van der Waals surface area contributed by atoms with Crippen LogP contribution in [-0.2, 0) is 0 Å². The summed E-state index contributed by atoms with van der Waals surface area (Å²) in [4.78, 5) is 22.4. The quantitative estimate of drug-likeness (QED) is 0.641. The molecule has 0 atom stereocenters. The molecule has 1 aromatic carbocycles. The van der Waals surface area contributed by atoms with Gasteiger partial charge in [-0.3, -0.25) is 4.79 Å². The Morgan fingerprint density at radius 2 is 1.93 bits per heavy atom. The van der Waals surface area contributed by atoms with Crippen molar-refractivity contribution < 1.29 is 14.3 Å². The molecule has 1 saturated heterocycles. The van der Waals surface area contributed by atoms with Crippen molar-refractivity contribution in [1.82, 2.24) is 20.2 Å². The number of methoxy groups -OCH3 is 1. The van der Waals surface area contributed by atoms with Crippen LogP contribution in [0.25, 0.3) is 0 Å². The summed E-state index contributed by atoms with van der Waals surface area (Å²) in [7, 11) is 3.19. The van der Waals surface area contributed by atoms with Crippen molar-refractivity contribution in [2.24, 2.45) is 0 Å². The number of hydrogen-bond acceptors (Lipinski definition) is 7. The zero-order valence-electron chi connectivity index (χ0n) is 16.4. The molecule has 150 valence electrons. The van der Waals surface area contributed by atoms with Gasteiger partial charge in [-0.05, 0) is 44.5 Å². The van der Waals surface area contributed by atoms with Gasteiger partial charge in [-0.2, -0.15) is 0 Å². The topological polar surface area (TPSA) is 88.6 Å². The van der Waals surface area contributed by atoms with Crippen LogP contribution in [0.4, 0.5) is 11.6 Å². The largest absolute Gasteiger partial charge is 0.493 e. The van der Waals surface area contributed by atoms with Crippen molar-refractivity contribution in [1.29, 1.82) is 0 Å². The maximum atomic E-state index is 11.6. The van der Waals surface area contributed by atoms with Crippen LogP contribution >= 0.6 is 0 Å². The van der Waals surface area contributed by atoms with Gasteiger partial charge in [0.1, 0.15) is 0 Å². The molecule has 28 heavy (non-hydrogen) atoms. The molecule has 1 aliphatic rings. The lowest BCUT2D eigenvalue weighted by Gasteiger charge is -2.16. The fraction of sp³-hybridized carbons (Fsp3) is 0.450. The Kier molecular flexibility index (Phi) is 7.02. The van der Waals surface area contributed by atoms with Crippen LogP contribution in [0, 0.1) is 0 Å². The second-order valence-electron chi connectivity index (χ2n) is 6.62. The Hall–Kier alpha value is -2.87. The average Bonchev–Trinajstić information content (AvgIpc) is 3.25. The van der Waals surface area contributed by atoms with Crippen LogP contribution in [0.15, 0.2) is 30.6 Å². The maximum Gasteiger partial charge on any atom is 0.254 e. The highest BCUT2D eigenvalue weighted by Gasteiger charge is 2.12. The normalized spacial score (nSPS) is 13.9. The molecule has 1 aromatic heterocycles. The summed E-state index contributed by atoms with van der Waals surface area (Å²) in [6, 6.07) is 5.58. The number of ether oxygens (including phenoxy) is 2. The van der Waals surface area contributed by atoms with E-state index in [9.17, 15) is 4.79 Å². The number of rotatable bonds is 9. The summed E-state index contributed by atoms with van der Waals surface area (Å²) >= 11 is 0. The molecule has 2 aromatic rings. The van der Waals surface area contributed by atoms with Gasteiger partial charge in [-0.25, -0.2) is 9.97 Å². The van der Waals surface area contributed by atoms with Crippen LogP contribution in [0.5, 0.6) is 11.5 Å². The lowest BCUT2D eigenvalue weighted by Crippen LogP contribution is -2.21. The second kappa shape index (κ2) is 9.89.